The number of fused-ring (bicyclic) bond motifs is 1. The van der Waals surface area contributed by atoms with Gasteiger partial charge in [-0.2, -0.15) is 22.0 Å². The van der Waals surface area contributed by atoms with E-state index in [0.29, 0.717) is 12.1 Å². The lowest BCUT2D eigenvalue weighted by atomic mass is 9.98. The summed E-state index contributed by atoms with van der Waals surface area (Å²) in [6.45, 7) is -2.17. The highest BCUT2D eigenvalue weighted by atomic mass is 32.2. The predicted octanol–water partition coefficient (Wildman–Crippen LogP) is 6.18. The smallest absolute Gasteiger partial charge is 0.416 e. The molecule has 1 heterocycles. The van der Waals surface area contributed by atoms with E-state index in [9.17, 15) is 44.7 Å². The van der Waals surface area contributed by atoms with Crippen molar-refractivity contribution in [2.75, 3.05) is 10.8 Å². The zero-order valence-electron chi connectivity index (χ0n) is 20.5. The number of alkyl halides is 5. The summed E-state index contributed by atoms with van der Waals surface area (Å²) in [4.78, 5) is 10.6. The van der Waals surface area contributed by atoms with Crippen LogP contribution in [0.1, 0.15) is 18.9 Å². The molecule has 0 aliphatic carbocycles. The van der Waals surface area contributed by atoms with Gasteiger partial charge in [0.1, 0.15) is 23.4 Å². The Morgan fingerprint density at radius 3 is 2.48 bits per heavy atom. The maximum atomic E-state index is 14.2. The van der Waals surface area contributed by atoms with Gasteiger partial charge in [0.05, 0.1) is 29.1 Å². The van der Waals surface area contributed by atoms with Crippen molar-refractivity contribution in [3.63, 3.8) is 0 Å². The van der Waals surface area contributed by atoms with Crippen molar-refractivity contribution in [2.45, 2.75) is 37.1 Å². The van der Waals surface area contributed by atoms with Crippen LogP contribution in [-0.2, 0) is 21.0 Å². The average Bonchev–Trinajstić information content (AvgIpc) is 2.86. The fourth-order valence-corrected chi connectivity index (χ4v) is 5.77. The number of benzene rings is 3. The molecule has 0 amide bonds. The molecule has 0 fully saturated rings. The summed E-state index contributed by atoms with van der Waals surface area (Å²) >= 11 is 0. The topological polar surface area (TPSA) is 93.1 Å². The molecule has 3 aromatic carbocycles. The number of hydrogen-bond donors (Lipinski definition) is 1. The number of carboxylic acids is 1. The van der Waals surface area contributed by atoms with Gasteiger partial charge in [-0.1, -0.05) is 19.1 Å². The molecule has 1 aliphatic heterocycles. The molecule has 214 valence electrons. The second kappa shape index (κ2) is 10.9. The molecule has 3 aromatic rings. The van der Waals surface area contributed by atoms with E-state index in [4.69, 9.17) is 4.74 Å². The number of hydrogen-bond acceptors (Lipinski definition) is 5. The zero-order valence-corrected chi connectivity index (χ0v) is 21.3. The maximum absolute atomic E-state index is 14.2. The first-order valence-corrected chi connectivity index (χ1v) is 13.1. The summed E-state index contributed by atoms with van der Waals surface area (Å²) in [6, 6.07) is 9.90. The van der Waals surface area contributed by atoms with E-state index in [1.807, 2.05) is 0 Å². The van der Waals surface area contributed by atoms with Crippen LogP contribution in [0.5, 0.6) is 11.5 Å². The van der Waals surface area contributed by atoms with Gasteiger partial charge < -0.3 is 14.6 Å². The van der Waals surface area contributed by atoms with Gasteiger partial charge >= 0.3 is 18.8 Å². The Morgan fingerprint density at radius 1 is 1.10 bits per heavy atom. The van der Waals surface area contributed by atoms with Crippen molar-refractivity contribution in [1.29, 1.82) is 0 Å². The Kier molecular flexibility index (Phi) is 7.92. The summed E-state index contributed by atoms with van der Waals surface area (Å²) in [7, 11) is -4.68. The Hall–Kier alpha value is -3.94. The van der Waals surface area contributed by atoms with Crippen LogP contribution in [0.3, 0.4) is 0 Å². The minimum absolute atomic E-state index is 0.0340. The number of nitrogens with zero attached hydrogens (tertiary/aromatic N) is 1. The molecule has 0 saturated carbocycles. The zero-order chi connectivity index (χ0) is 29.4. The van der Waals surface area contributed by atoms with Crippen LogP contribution in [0.15, 0.2) is 65.6 Å². The Labute approximate surface area is 224 Å². The van der Waals surface area contributed by atoms with Crippen molar-refractivity contribution in [3.8, 4) is 22.6 Å². The monoisotopic (exact) mass is 589 g/mol. The summed E-state index contributed by atoms with van der Waals surface area (Å²) in [5, 5.41) is 9.20. The number of halogens is 6. The Morgan fingerprint density at radius 2 is 1.82 bits per heavy atom. The first-order valence-electron chi connectivity index (χ1n) is 11.6. The number of sulfonamides is 1. The van der Waals surface area contributed by atoms with E-state index in [2.05, 4.69) is 4.74 Å². The van der Waals surface area contributed by atoms with Crippen LogP contribution in [0.4, 0.5) is 32.0 Å². The SMILES string of the molecule is CC(CC(=O)O)C1CN(S(=O)(=O)c2cccc(C(F)(F)F)c2)c2cc(-c3cc(F)cc(OC(F)F)c3)ccc2O1. The normalized spacial score (nSPS) is 16.3. The lowest BCUT2D eigenvalue weighted by molar-refractivity contribution is -0.139. The first kappa shape index (κ1) is 29.1. The molecular weight excluding hydrogens is 568 g/mol. The van der Waals surface area contributed by atoms with Gasteiger partial charge in [0.2, 0.25) is 0 Å². The van der Waals surface area contributed by atoms with Crippen LogP contribution in [-0.4, -0.2) is 38.8 Å². The van der Waals surface area contributed by atoms with E-state index in [-0.39, 0.29) is 29.0 Å². The number of rotatable bonds is 8. The van der Waals surface area contributed by atoms with Crippen molar-refractivity contribution in [2.24, 2.45) is 5.92 Å². The Balaban J connectivity index is 1.84. The lowest BCUT2D eigenvalue weighted by Gasteiger charge is -2.38. The highest BCUT2D eigenvalue weighted by Gasteiger charge is 2.39. The van der Waals surface area contributed by atoms with E-state index >= 15 is 0 Å². The van der Waals surface area contributed by atoms with Gasteiger partial charge in [-0.25, -0.2) is 12.8 Å². The summed E-state index contributed by atoms with van der Waals surface area (Å²) in [5.74, 6) is -3.32. The van der Waals surface area contributed by atoms with Gasteiger partial charge in [0.15, 0.2) is 0 Å². The van der Waals surface area contributed by atoms with E-state index in [1.54, 1.807) is 0 Å². The van der Waals surface area contributed by atoms with Crippen LogP contribution < -0.4 is 13.8 Å². The molecule has 1 aliphatic rings. The largest absolute Gasteiger partial charge is 0.486 e. The predicted molar refractivity (Wildman–Crippen MR) is 130 cm³/mol. The van der Waals surface area contributed by atoms with Crippen molar-refractivity contribution in [3.05, 3.63) is 72.0 Å². The molecular formula is C26H21F6NO6S. The third kappa shape index (κ3) is 6.27. The van der Waals surface area contributed by atoms with E-state index in [0.717, 1.165) is 34.6 Å². The van der Waals surface area contributed by atoms with Gasteiger partial charge in [-0.15, -0.1) is 0 Å². The van der Waals surface area contributed by atoms with Crippen LogP contribution in [0.25, 0.3) is 11.1 Å². The average molecular weight is 590 g/mol. The number of ether oxygens (including phenoxy) is 2. The molecule has 2 atom stereocenters. The third-order valence-corrected chi connectivity index (χ3v) is 7.94. The number of carboxylic acid groups (broad SMARTS) is 1. The first-order chi connectivity index (χ1) is 18.6. The third-order valence-electron chi connectivity index (χ3n) is 6.16. The fourth-order valence-electron chi connectivity index (χ4n) is 4.24. The van der Waals surface area contributed by atoms with Gasteiger partial charge in [-0.05, 0) is 53.6 Å². The van der Waals surface area contributed by atoms with Gasteiger partial charge in [-0.3, -0.25) is 9.10 Å². The summed E-state index contributed by atoms with van der Waals surface area (Å²) < 4.78 is 118. The summed E-state index contributed by atoms with van der Waals surface area (Å²) in [5.41, 5.74) is -1.13. The molecule has 40 heavy (non-hydrogen) atoms. The summed E-state index contributed by atoms with van der Waals surface area (Å²) in [6.07, 6.45) is -6.20. The van der Waals surface area contributed by atoms with Crippen molar-refractivity contribution in [1.82, 2.24) is 0 Å². The number of aliphatic carboxylic acids is 1. The fraction of sp³-hybridized carbons (Fsp3) is 0.269. The molecule has 7 nitrogen and oxygen atoms in total. The highest BCUT2D eigenvalue weighted by molar-refractivity contribution is 7.92. The highest BCUT2D eigenvalue weighted by Crippen LogP contribution is 2.42. The maximum Gasteiger partial charge on any atom is 0.416 e. The van der Waals surface area contributed by atoms with E-state index in [1.165, 1.54) is 25.1 Å². The molecule has 0 spiro atoms. The minimum atomic E-state index is -4.82. The quantitative estimate of drug-likeness (QED) is 0.316. The van der Waals surface area contributed by atoms with Gasteiger partial charge in [0.25, 0.3) is 10.0 Å². The molecule has 0 aromatic heterocycles. The molecule has 0 radical (unpaired) electrons. The van der Waals surface area contributed by atoms with Crippen LogP contribution in [0, 0.1) is 11.7 Å². The lowest BCUT2D eigenvalue weighted by Crippen LogP contribution is -2.46. The molecule has 0 saturated heterocycles. The van der Waals surface area contributed by atoms with E-state index < -0.39 is 69.4 Å². The molecule has 0 bridgehead atoms. The Bertz CT molecular complexity index is 1530. The number of anilines is 1. The standard InChI is InChI=1S/C26H21F6NO6S/c1-14(7-24(34)35)23-13-33(40(36,37)20-4-2-3-17(11-20)26(30,31)32)21-10-15(5-6-22(21)39-23)16-8-18(27)12-19(9-16)38-25(28)29/h2-6,8-12,14,23,25H,7,13H2,1H3,(H,34,35). The van der Waals surface area contributed by atoms with Crippen LogP contribution in [0.2, 0.25) is 0 Å². The molecule has 14 heteroatoms. The van der Waals surface area contributed by atoms with Gasteiger partial charge in [0, 0.05) is 12.0 Å². The molecule has 4 rings (SSSR count). The van der Waals surface area contributed by atoms with Crippen molar-refractivity contribution < 1.29 is 54.1 Å². The minimum Gasteiger partial charge on any atom is -0.486 e. The van der Waals surface area contributed by atoms with Crippen molar-refractivity contribution >= 4 is 21.7 Å². The van der Waals surface area contributed by atoms with Crippen LogP contribution >= 0.6 is 0 Å². The molecule has 1 N–H and O–H groups in total. The second-order valence-corrected chi connectivity index (χ2v) is 10.9. The second-order valence-electron chi connectivity index (χ2n) is 9.03. The number of carbonyl (C=O) groups is 1. The molecule has 2 unspecified atom stereocenters.